The molecular formula is C14H18BrNO5S. The smallest absolute Gasteiger partial charge is 0.329 e. The number of sulfone groups is 1. The van der Waals surface area contributed by atoms with E-state index in [9.17, 15) is 18.0 Å². The normalized spacial score (nSPS) is 14.1. The van der Waals surface area contributed by atoms with Gasteiger partial charge in [-0.15, -0.1) is 0 Å². The van der Waals surface area contributed by atoms with Crippen LogP contribution in [0.1, 0.15) is 25.8 Å². The molecule has 1 amide bonds. The van der Waals surface area contributed by atoms with E-state index >= 15 is 0 Å². The van der Waals surface area contributed by atoms with E-state index in [-0.39, 0.29) is 12.2 Å². The van der Waals surface area contributed by atoms with E-state index in [1.807, 2.05) is 0 Å². The summed E-state index contributed by atoms with van der Waals surface area (Å²) in [4.78, 5) is 22.9. The van der Waals surface area contributed by atoms with Gasteiger partial charge in [-0.05, 0) is 31.0 Å². The van der Waals surface area contributed by atoms with Crippen LogP contribution < -0.4 is 5.32 Å². The van der Waals surface area contributed by atoms with E-state index in [2.05, 4.69) is 21.2 Å². The fourth-order valence-corrected chi connectivity index (χ4v) is 3.48. The minimum absolute atomic E-state index is 0.153. The lowest BCUT2D eigenvalue weighted by Gasteiger charge is -2.24. The van der Waals surface area contributed by atoms with Gasteiger partial charge >= 0.3 is 5.97 Å². The summed E-state index contributed by atoms with van der Waals surface area (Å²) in [5, 5.41) is 11.3. The third-order valence-electron chi connectivity index (χ3n) is 3.22. The second kappa shape index (κ2) is 7.23. The number of nitrogens with one attached hydrogen (secondary N) is 1. The number of carbonyl (C=O) groups excluding carboxylic acids is 1. The summed E-state index contributed by atoms with van der Waals surface area (Å²) in [5.41, 5.74) is -0.916. The van der Waals surface area contributed by atoms with Crippen LogP contribution in [0, 0.1) is 0 Å². The molecule has 0 radical (unpaired) electrons. The van der Waals surface area contributed by atoms with Gasteiger partial charge in [0, 0.05) is 4.47 Å². The number of carbonyl (C=O) groups is 2. The van der Waals surface area contributed by atoms with Crippen molar-refractivity contribution in [2.75, 3.05) is 5.75 Å². The third-order valence-corrected chi connectivity index (χ3v) is 5.19. The van der Waals surface area contributed by atoms with Gasteiger partial charge in [-0.3, -0.25) is 4.79 Å². The van der Waals surface area contributed by atoms with Crippen LogP contribution in [0.5, 0.6) is 0 Å². The molecule has 0 aliphatic heterocycles. The molecule has 6 nitrogen and oxygen atoms in total. The molecule has 0 saturated heterocycles. The first-order valence-electron chi connectivity index (χ1n) is 6.57. The maximum absolute atomic E-state index is 12.0. The zero-order valence-corrected chi connectivity index (χ0v) is 14.7. The standard InChI is InChI=1S/C14H18BrNO5S/c1-3-14(2,13(18)19)16-12(17)9-22(20,21)8-10-5-4-6-11(15)7-10/h4-7H,3,8-9H2,1-2H3,(H,16,17)(H,18,19). The van der Waals surface area contributed by atoms with Crippen molar-refractivity contribution in [3.8, 4) is 0 Å². The quantitative estimate of drug-likeness (QED) is 0.736. The first kappa shape index (κ1) is 18.6. The first-order valence-corrected chi connectivity index (χ1v) is 9.19. The van der Waals surface area contributed by atoms with Crippen molar-refractivity contribution in [1.82, 2.24) is 5.32 Å². The predicted octanol–water partition coefficient (Wildman–Crippen LogP) is 1.73. The molecule has 0 bridgehead atoms. The molecule has 0 aliphatic rings. The average Bonchev–Trinajstić information content (AvgIpc) is 2.36. The zero-order valence-electron chi connectivity index (χ0n) is 12.3. The molecule has 22 heavy (non-hydrogen) atoms. The lowest BCUT2D eigenvalue weighted by Crippen LogP contribution is -2.53. The number of carboxylic acids is 1. The highest BCUT2D eigenvalue weighted by atomic mass is 79.9. The molecule has 1 unspecified atom stereocenters. The molecule has 122 valence electrons. The van der Waals surface area contributed by atoms with Crippen molar-refractivity contribution in [3.63, 3.8) is 0 Å². The van der Waals surface area contributed by atoms with Gasteiger partial charge in [0.1, 0.15) is 11.3 Å². The fraction of sp³-hybridized carbons (Fsp3) is 0.429. The molecule has 2 N–H and O–H groups in total. The molecular weight excluding hydrogens is 374 g/mol. The van der Waals surface area contributed by atoms with Gasteiger partial charge in [0.25, 0.3) is 0 Å². The van der Waals surface area contributed by atoms with E-state index in [1.54, 1.807) is 31.2 Å². The number of aliphatic carboxylic acids is 1. The summed E-state index contributed by atoms with van der Waals surface area (Å²) in [6.45, 7) is 2.94. The summed E-state index contributed by atoms with van der Waals surface area (Å²) >= 11 is 3.25. The van der Waals surface area contributed by atoms with Crippen LogP contribution in [0.2, 0.25) is 0 Å². The minimum atomic E-state index is -3.68. The van der Waals surface area contributed by atoms with Crippen LogP contribution in [-0.4, -0.2) is 36.7 Å². The molecule has 1 atom stereocenters. The van der Waals surface area contributed by atoms with Gasteiger partial charge < -0.3 is 10.4 Å². The van der Waals surface area contributed by atoms with Crippen LogP contribution in [0.25, 0.3) is 0 Å². The number of benzene rings is 1. The molecule has 0 aromatic heterocycles. The second-order valence-corrected chi connectivity index (χ2v) is 8.18. The number of carboxylic acid groups (broad SMARTS) is 1. The van der Waals surface area contributed by atoms with Gasteiger partial charge in [-0.25, -0.2) is 13.2 Å². The number of halogens is 1. The molecule has 8 heteroatoms. The highest BCUT2D eigenvalue weighted by molar-refractivity contribution is 9.10. The first-order chi connectivity index (χ1) is 10.1. The van der Waals surface area contributed by atoms with E-state index in [0.717, 1.165) is 4.47 Å². The predicted molar refractivity (Wildman–Crippen MR) is 86.1 cm³/mol. The monoisotopic (exact) mass is 391 g/mol. The molecule has 0 spiro atoms. The van der Waals surface area contributed by atoms with Gasteiger partial charge in [0.05, 0.1) is 5.75 Å². The Kier molecular flexibility index (Phi) is 6.13. The molecule has 1 rings (SSSR count). The molecule has 0 fully saturated rings. The Morgan fingerprint density at radius 3 is 2.50 bits per heavy atom. The highest BCUT2D eigenvalue weighted by Crippen LogP contribution is 2.15. The maximum atomic E-state index is 12.0. The Morgan fingerprint density at radius 1 is 1.36 bits per heavy atom. The van der Waals surface area contributed by atoms with Crippen LogP contribution in [0.15, 0.2) is 28.7 Å². The van der Waals surface area contributed by atoms with Crippen molar-refractivity contribution in [2.24, 2.45) is 0 Å². The fourth-order valence-electron chi connectivity index (χ4n) is 1.77. The van der Waals surface area contributed by atoms with Crippen LogP contribution in [-0.2, 0) is 25.2 Å². The second-order valence-electron chi connectivity index (χ2n) is 5.20. The van der Waals surface area contributed by atoms with Gasteiger partial charge in [0.2, 0.25) is 5.91 Å². The van der Waals surface area contributed by atoms with Crippen molar-refractivity contribution < 1.29 is 23.1 Å². The molecule has 0 aliphatic carbocycles. The Balaban J connectivity index is 2.76. The molecule has 0 heterocycles. The number of rotatable bonds is 7. The van der Waals surface area contributed by atoms with Crippen molar-refractivity contribution in [2.45, 2.75) is 31.6 Å². The Labute approximate surface area is 138 Å². The highest BCUT2D eigenvalue weighted by Gasteiger charge is 2.33. The Morgan fingerprint density at radius 2 is 2.00 bits per heavy atom. The zero-order chi connectivity index (χ0) is 17.0. The van der Waals surface area contributed by atoms with E-state index in [4.69, 9.17) is 5.11 Å². The van der Waals surface area contributed by atoms with Crippen LogP contribution >= 0.6 is 15.9 Å². The largest absolute Gasteiger partial charge is 0.480 e. The Bertz CT molecular complexity index is 674. The number of amides is 1. The number of hydrogen-bond donors (Lipinski definition) is 2. The third kappa shape index (κ3) is 5.42. The summed E-state index contributed by atoms with van der Waals surface area (Å²) in [5.74, 6) is -3.05. The molecule has 1 aromatic carbocycles. The van der Waals surface area contributed by atoms with Crippen molar-refractivity contribution in [3.05, 3.63) is 34.3 Å². The summed E-state index contributed by atoms with van der Waals surface area (Å²) in [7, 11) is -3.68. The summed E-state index contributed by atoms with van der Waals surface area (Å²) in [6.07, 6.45) is 0.153. The number of hydrogen-bond acceptors (Lipinski definition) is 4. The topological polar surface area (TPSA) is 101 Å². The van der Waals surface area contributed by atoms with E-state index in [1.165, 1.54) is 6.92 Å². The maximum Gasteiger partial charge on any atom is 0.329 e. The van der Waals surface area contributed by atoms with Crippen molar-refractivity contribution in [1.29, 1.82) is 0 Å². The van der Waals surface area contributed by atoms with Gasteiger partial charge in [-0.1, -0.05) is 35.0 Å². The lowest BCUT2D eigenvalue weighted by atomic mass is 9.99. The minimum Gasteiger partial charge on any atom is -0.480 e. The van der Waals surface area contributed by atoms with Crippen molar-refractivity contribution >= 4 is 37.6 Å². The summed E-state index contributed by atoms with van der Waals surface area (Å²) in [6, 6.07) is 6.77. The van der Waals surface area contributed by atoms with E-state index < -0.39 is 33.0 Å². The van der Waals surface area contributed by atoms with Gasteiger partial charge in [0.15, 0.2) is 9.84 Å². The van der Waals surface area contributed by atoms with Crippen LogP contribution in [0.4, 0.5) is 0 Å². The average molecular weight is 392 g/mol. The summed E-state index contributed by atoms with van der Waals surface area (Å²) < 4.78 is 24.8. The Hall–Kier alpha value is -1.41. The van der Waals surface area contributed by atoms with Gasteiger partial charge in [-0.2, -0.15) is 0 Å². The SMILES string of the molecule is CCC(C)(NC(=O)CS(=O)(=O)Cc1cccc(Br)c1)C(=O)O. The van der Waals surface area contributed by atoms with E-state index in [0.29, 0.717) is 5.56 Å². The molecule has 0 saturated carbocycles. The van der Waals surface area contributed by atoms with Crippen LogP contribution in [0.3, 0.4) is 0 Å². The molecule has 1 aromatic rings. The lowest BCUT2D eigenvalue weighted by molar-refractivity contribution is -0.146.